The highest BCUT2D eigenvalue weighted by Gasteiger charge is 2.45. The molecule has 6 aromatic carbocycles. The first-order chi connectivity index (χ1) is 25.9. The van der Waals surface area contributed by atoms with Crippen LogP contribution in [0.1, 0.15) is 57.1 Å². The van der Waals surface area contributed by atoms with Gasteiger partial charge in [-0.15, -0.1) is 0 Å². The fraction of sp³-hybridized carbons (Fsp3) is 0.224. The molecule has 7 aromatic rings. The van der Waals surface area contributed by atoms with E-state index in [9.17, 15) is 5.26 Å². The summed E-state index contributed by atoms with van der Waals surface area (Å²) < 4.78 is 0. The zero-order chi connectivity index (χ0) is 35.9. The Labute approximate surface area is 312 Å². The van der Waals surface area contributed by atoms with Gasteiger partial charge in [-0.2, -0.15) is 5.26 Å². The highest BCUT2D eigenvalue weighted by atomic mass is 15.0. The van der Waals surface area contributed by atoms with Crippen LogP contribution < -0.4 is 0 Å². The van der Waals surface area contributed by atoms with Gasteiger partial charge in [0.05, 0.1) is 11.6 Å². The van der Waals surface area contributed by atoms with E-state index < -0.39 is 0 Å². The van der Waals surface area contributed by atoms with E-state index >= 15 is 0 Å². The number of hydrogen-bond acceptors (Lipinski definition) is 4. The summed E-state index contributed by atoms with van der Waals surface area (Å²) in [5.74, 6) is 4.19. The average Bonchev–Trinajstić information content (AvgIpc) is 3.20. The molecule has 2 unspecified atom stereocenters. The fourth-order valence-corrected chi connectivity index (χ4v) is 9.80. The average molecular weight is 687 g/mol. The summed E-state index contributed by atoms with van der Waals surface area (Å²) in [6.45, 7) is 4.94. The van der Waals surface area contributed by atoms with Gasteiger partial charge in [0.1, 0.15) is 0 Å². The fourth-order valence-electron chi connectivity index (χ4n) is 9.80. The molecule has 0 radical (unpaired) electrons. The van der Waals surface area contributed by atoms with Crippen molar-refractivity contribution in [3.05, 3.63) is 151 Å². The highest BCUT2D eigenvalue weighted by molar-refractivity contribution is 6.00. The van der Waals surface area contributed by atoms with Crippen molar-refractivity contribution >= 4 is 10.8 Å². The zero-order valence-electron chi connectivity index (χ0n) is 30.3. The predicted molar refractivity (Wildman–Crippen MR) is 216 cm³/mol. The van der Waals surface area contributed by atoms with Crippen LogP contribution in [0.15, 0.2) is 140 Å². The lowest BCUT2D eigenvalue weighted by atomic mass is 9.54. The van der Waals surface area contributed by atoms with E-state index in [1.807, 2.05) is 84.9 Å². The molecule has 0 spiro atoms. The summed E-state index contributed by atoms with van der Waals surface area (Å²) in [4.78, 5) is 15.2. The van der Waals surface area contributed by atoms with Crippen LogP contribution in [0.3, 0.4) is 0 Å². The van der Waals surface area contributed by atoms with Crippen LogP contribution >= 0.6 is 0 Å². The van der Waals surface area contributed by atoms with Crippen LogP contribution in [0.25, 0.3) is 67.2 Å². The molecular formula is C49H42N4. The first-order valence-electron chi connectivity index (χ1n) is 19.0. The van der Waals surface area contributed by atoms with Crippen molar-refractivity contribution in [3.63, 3.8) is 0 Å². The van der Waals surface area contributed by atoms with Gasteiger partial charge < -0.3 is 0 Å². The van der Waals surface area contributed by atoms with E-state index in [1.54, 1.807) is 0 Å². The van der Waals surface area contributed by atoms with Gasteiger partial charge >= 0.3 is 0 Å². The number of nitriles is 1. The van der Waals surface area contributed by atoms with E-state index in [0.717, 1.165) is 51.1 Å². The van der Waals surface area contributed by atoms with Gasteiger partial charge in [-0.1, -0.05) is 123 Å². The molecule has 1 aromatic heterocycles. The molecule has 0 N–H and O–H groups in total. The summed E-state index contributed by atoms with van der Waals surface area (Å²) >= 11 is 0. The molecule has 258 valence electrons. The largest absolute Gasteiger partial charge is 0.208 e. The Hall–Kier alpha value is -5.92. The maximum atomic E-state index is 9.55. The minimum atomic E-state index is 0.222. The number of fused-ring (bicyclic) bond motifs is 3. The molecule has 0 amide bonds. The third-order valence-electron chi connectivity index (χ3n) is 11.7. The van der Waals surface area contributed by atoms with Gasteiger partial charge in [-0.05, 0) is 124 Å². The van der Waals surface area contributed by atoms with Crippen LogP contribution in [0.4, 0.5) is 0 Å². The molecule has 4 nitrogen and oxygen atoms in total. The monoisotopic (exact) mass is 686 g/mol. The Morgan fingerprint density at radius 1 is 0.509 bits per heavy atom. The van der Waals surface area contributed by atoms with Gasteiger partial charge in [-0.25, -0.2) is 15.0 Å². The van der Waals surface area contributed by atoms with Crippen LogP contribution in [0.2, 0.25) is 0 Å². The summed E-state index contributed by atoms with van der Waals surface area (Å²) in [6, 6.07) is 50.9. The molecule has 4 heteroatoms. The number of rotatable bonds is 6. The normalized spacial score (nSPS) is 20.9. The molecule has 2 aliphatic carbocycles. The summed E-state index contributed by atoms with van der Waals surface area (Å²) in [5, 5.41) is 12.2. The van der Waals surface area contributed by atoms with Crippen molar-refractivity contribution in [3.8, 4) is 62.5 Å². The van der Waals surface area contributed by atoms with Crippen LogP contribution in [-0.2, 0) is 5.41 Å². The zero-order valence-corrected chi connectivity index (χ0v) is 30.3. The summed E-state index contributed by atoms with van der Waals surface area (Å²) in [5.41, 5.74) is 9.56. The third-order valence-corrected chi connectivity index (χ3v) is 11.7. The van der Waals surface area contributed by atoms with Crippen molar-refractivity contribution in [1.29, 1.82) is 5.26 Å². The van der Waals surface area contributed by atoms with E-state index in [2.05, 4.69) is 74.5 Å². The van der Waals surface area contributed by atoms with Crippen LogP contribution in [0, 0.1) is 29.1 Å². The van der Waals surface area contributed by atoms with E-state index in [4.69, 9.17) is 15.0 Å². The maximum Gasteiger partial charge on any atom is 0.164 e. The SMILES string of the molecule is C[C@@H]1CC2C[C@H](C)CC(c3ccc(-c4cc(-c5ccc(C#N)cc5)cc(-c5nc(-c6ccccc6)nc(-c6ccccc6)n5)c4)c4ccccc34)(C2)C1. The number of hydrogen-bond donors (Lipinski definition) is 0. The van der Waals surface area contributed by atoms with Crippen molar-refractivity contribution in [2.75, 3.05) is 0 Å². The van der Waals surface area contributed by atoms with E-state index in [1.165, 1.54) is 54.0 Å². The maximum absolute atomic E-state index is 9.55. The summed E-state index contributed by atoms with van der Waals surface area (Å²) in [7, 11) is 0. The topological polar surface area (TPSA) is 62.5 Å². The lowest BCUT2D eigenvalue weighted by Crippen LogP contribution is -2.42. The van der Waals surface area contributed by atoms with Gasteiger partial charge in [0.15, 0.2) is 17.5 Å². The van der Waals surface area contributed by atoms with Crippen molar-refractivity contribution < 1.29 is 0 Å². The van der Waals surface area contributed by atoms with Crippen LogP contribution in [-0.4, -0.2) is 15.0 Å². The number of aromatic nitrogens is 3. The van der Waals surface area contributed by atoms with Crippen molar-refractivity contribution in [1.82, 2.24) is 15.0 Å². The van der Waals surface area contributed by atoms with E-state index in [0.29, 0.717) is 23.0 Å². The third kappa shape index (κ3) is 6.31. The van der Waals surface area contributed by atoms with E-state index in [-0.39, 0.29) is 5.41 Å². The Balaban J connectivity index is 1.25. The van der Waals surface area contributed by atoms with Crippen molar-refractivity contribution in [2.24, 2.45) is 17.8 Å². The second kappa shape index (κ2) is 13.6. The van der Waals surface area contributed by atoms with Gasteiger partial charge in [0.25, 0.3) is 0 Å². The Kier molecular flexibility index (Phi) is 8.43. The Morgan fingerprint density at radius 3 is 1.64 bits per heavy atom. The molecule has 2 aliphatic rings. The molecule has 0 aliphatic heterocycles. The smallest absolute Gasteiger partial charge is 0.164 e. The van der Waals surface area contributed by atoms with Crippen LogP contribution in [0.5, 0.6) is 0 Å². The predicted octanol–water partition coefficient (Wildman–Crippen LogP) is 12.3. The minimum Gasteiger partial charge on any atom is -0.208 e. The van der Waals surface area contributed by atoms with Gasteiger partial charge in [-0.3, -0.25) is 0 Å². The molecule has 2 bridgehead atoms. The van der Waals surface area contributed by atoms with Gasteiger partial charge in [0.2, 0.25) is 0 Å². The first kappa shape index (κ1) is 33.0. The first-order valence-corrected chi connectivity index (χ1v) is 19.0. The number of nitrogens with zero attached hydrogens (tertiary/aromatic N) is 4. The second-order valence-electron chi connectivity index (χ2n) is 15.7. The standard InChI is InChI=1S/C49H42N4/c1-32-23-35-24-33(2)29-49(28-32,30-35)45-22-21-42(43-15-9-10-16-44(43)45)40-25-39(36-19-17-34(31-50)18-20-36)26-41(27-40)48-52-46(37-11-5-3-6-12-37)51-47(53-48)38-13-7-4-8-14-38/h3-22,25-27,32-33,35H,23-24,28-30H2,1-2H3/t32-,33+,35?,49?. The molecule has 0 saturated heterocycles. The Morgan fingerprint density at radius 2 is 1.04 bits per heavy atom. The minimum absolute atomic E-state index is 0.222. The lowest BCUT2D eigenvalue weighted by molar-refractivity contribution is 0.0790. The molecule has 53 heavy (non-hydrogen) atoms. The number of benzene rings is 6. The highest BCUT2D eigenvalue weighted by Crippen LogP contribution is 2.55. The molecule has 2 fully saturated rings. The quantitative estimate of drug-likeness (QED) is 0.175. The molecular weight excluding hydrogens is 645 g/mol. The lowest BCUT2D eigenvalue weighted by Gasteiger charge is -2.51. The molecule has 2 saturated carbocycles. The molecule has 9 rings (SSSR count). The molecule has 4 atom stereocenters. The van der Waals surface area contributed by atoms with Gasteiger partial charge in [0, 0.05) is 16.7 Å². The second-order valence-corrected chi connectivity index (χ2v) is 15.7. The van der Waals surface area contributed by atoms with Crippen molar-refractivity contribution in [2.45, 2.75) is 51.4 Å². The molecule has 1 heterocycles. The summed E-state index contributed by atoms with van der Waals surface area (Å²) in [6.07, 6.45) is 6.56. The Bertz CT molecular complexity index is 2400.